The second-order valence-electron chi connectivity index (χ2n) is 5.01. The number of hydrogen-bond acceptors (Lipinski definition) is 5. The zero-order valence-electron chi connectivity index (χ0n) is 11.4. The number of ether oxygens (including phenoxy) is 1. The van der Waals surface area contributed by atoms with Gasteiger partial charge in [-0.1, -0.05) is 0 Å². The Bertz CT molecular complexity index is 402. The zero-order valence-corrected chi connectivity index (χ0v) is 11.4. The van der Waals surface area contributed by atoms with Gasteiger partial charge in [-0.2, -0.15) is 4.98 Å². The molecule has 0 bridgehead atoms. The lowest BCUT2D eigenvalue weighted by Gasteiger charge is -2.35. The number of anilines is 1. The van der Waals surface area contributed by atoms with Crippen molar-refractivity contribution in [3.05, 3.63) is 11.9 Å². The Hall–Kier alpha value is -1.36. The molecule has 0 radical (unpaired) electrons. The van der Waals surface area contributed by atoms with Crippen molar-refractivity contribution in [2.45, 2.75) is 39.2 Å². The summed E-state index contributed by atoms with van der Waals surface area (Å²) in [4.78, 5) is 8.69. The molecule has 2 N–H and O–H groups in total. The van der Waals surface area contributed by atoms with E-state index < -0.39 is 0 Å². The summed E-state index contributed by atoms with van der Waals surface area (Å²) in [6.07, 6.45) is 2.19. The molecule has 100 valence electrons. The van der Waals surface area contributed by atoms with E-state index in [0.717, 1.165) is 37.6 Å². The normalized spacial score (nSPS) is 18.4. The van der Waals surface area contributed by atoms with Gasteiger partial charge >= 0.3 is 0 Å². The van der Waals surface area contributed by atoms with Crippen LogP contribution >= 0.6 is 0 Å². The largest absolute Gasteiger partial charge is 0.478 e. The maximum Gasteiger partial charge on any atom is 0.218 e. The molecule has 0 amide bonds. The number of nitrogens with zero attached hydrogens (tertiary/aromatic N) is 2. The predicted molar refractivity (Wildman–Crippen MR) is 72.1 cm³/mol. The second kappa shape index (κ2) is 5.52. The lowest BCUT2D eigenvalue weighted by atomic mass is 9.91. The average Bonchev–Trinajstić information content (AvgIpc) is 2.28. The summed E-state index contributed by atoms with van der Waals surface area (Å²) >= 11 is 0. The third-order valence-electron chi connectivity index (χ3n) is 3.24. The molecule has 1 saturated heterocycles. The Balaban J connectivity index is 2.12. The van der Waals surface area contributed by atoms with E-state index >= 15 is 0 Å². The van der Waals surface area contributed by atoms with Crippen LogP contribution in [0.15, 0.2) is 6.07 Å². The van der Waals surface area contributed by atoms with Gasteiger partial charge in [-0.15, -0.1) is 0 Å². The SMILES string of the molecule is CCOc1cc(NC2(C)CCNCC2)nc(C)n1. The summed E-state index contributed by atoms with van der Waals surface area (Å²) in [5.74, 6) is 2.24. The first kappa shape index (κ1) is 13.1. The van der Waals surface area contributed by atoms with E-state index in [4.69, 9.17) is 4.74 Å². The first-order chi connectivity index (χ1) is 8.61. The fourth-order valence-electron chi connectivity index (χ4n) is 2.24. The number of nitrogens with one attached hydrogen (secondary N) is 2. The van der Waals surface area contributed by atoms with Gasteiger partial charge in [-0.3, -0.25) is 0 Å². The van der Waals surface area contributed by atoms with Crippen molar-refractivity contribution in [2.24, 2.45) is 0 Å². The minimum atomic E-state index is 0.107. The van der Waals surface area contributed by atoms with Gasteiger partial charge in [0.25, 0.3) is 0 Å². The third kappa shape index (κ3) is 3.32. The molecule has 1 fully saturated rings. The quantitative estimate of drug-likeness (QED) is 0.852. The Kier molecular flexibility index (Phi) is 4.01. The highest BCUT2D eigenvalue weighted by atomic mass is 16.5. The number of rotatable bonds is 4. The monoisotopic (exact) mass is 250 g/mol. The van der Waals surface area contributed by atoms with E-state index in [2.05, 4.69) is 27.5 Å². The molecule has 5 nitrogen and oxygen atoms in total. The summed E-state index contributed by atoms with van der Waals surface area (Å²) in [7, 11) is 0. The van der Waals surface area contributed by atoms with Crippen molar-refractivity contribution in [3.63, 3.8) is 0 Å². The van der Waals surface area contributed by atoms with E-state index in [0.29, 0.717) is 12.5 Å². The molecule has 0 aliphatic carbocycles. The van der Waals surface area contributed by atoms with Gasteiger partial charge in [-0.05, 0) is 46.7 Å². The molecule has 2 rings (SSSR count). The van der Waals surface area contributed by atoms with Crippen molar-refractivity contribution < 1.29 is 4.74 Å². The Morgan fingerprint density at radius 3 is 2.78 bits per heavy atom. The van der Waals surface area contributed by atoms with Crippen LogP contribution in [0.3, 0.4) is 0 Å². The van der Waals surface area contributed by atoms with Crippen LogP contribution in [-0.2, 0) is 0 Å². The van der Waals surface area contributed by atoms with Crippen LogP contribution in [0, 0.1) is 6.92 Å². The van der Waals surface area contributed by atoms with Gasteiger partial charge in [0, 0.05) is 11.6 Å². The van der Waals surface area contributed by atoms with Crippen LogP contribution < -0.4 is 15.4 Å². The average molecular weight is 250 g/mol. The van der Waals surface area contributed by atoms with Gasteiger partial charge in [0.1, 0.15) is 11.6 Å². The highest BCUT2D eigenvalue weighted by Gasteiger charge is 2.26. The van der Waals surface area contributed by atoms with Crippen LogP contribution in [0.4, 0.5) is 5.82 Å². The van der Waals surface area contributed by atoms with Gasteiger partial charge in [-0.25, -0.2) is 4.98 Å². The topological polar surface area (TPSA) is 59.1 Å². The molecule has 0 atom stereocenters. The van der Waals surface area contributed by atoms with Crippen LogP contribution in [0.5, 0.6) is 5.88 Å². The van der Waals surface area contributed by atoms with E-state index in [1.54, 1.807) is 0 Å². The molecular formula is C13H22N4O. The highest BCUT2D eigenvalue weighted by molar-refractivity contribution is 5.41. The molecule has 1 aliphatic heterocycles. The van der Waals surface area contributed by atoms with Gasteiger partial charge in [0.05, 0.1) is 6.61 Å². The number of hydrogen-bond donors (Lipinski definition) is 2. The van der Waals surface area contributed by atoms with Crippen LogP contribution in [-0.4, -0.2) is 35.2 Å². The van der Waals surface area contributed by atoms with Gasteiger partial charge < -0.3 is 15.4 Å². The van der Waals surface area contributed by atoms with E-state index in [9.17, 15) is 0 Å². The smallest absolute Gasteiger partial charge is 0.218 e. The number of aryl methyl sites for hydroxylation is 1. The molecule has 0 aromatic carbocycles. The fraction of sp³-hybridized carbons (Fsp3) is 0.692. The summed E-state index contributed by atoms with van der Waals surface area (Å²) in [5, 5.41) is 6.90. The molecule has 0 unspecified atom stereocenters. The molecule has 18 heavy (non-hydrogen) atoms. The Morgan fingerprint density at radius 1 is 1.39 bits per heavy atom. The number of aromatic nitrogens is 2. The standard InChI is InChI=1S/C13H22N4O/c1-4-18-12-9-11(15-10(2)16-12)17-13(3)5-7-14-8-6-13/h9,14H,4-8H2,1-3H3,(H,15,16,17). The zero-order chi connectivity index (χ0) is 13.0. The van der Waals surface area contributed by atoms with Crippen LogP contribution in [0.2, 0.25) is 0 Å². The van der Waals surface area contributed by atoms with Gasteiger partial charge in [0.15, 0.2) is 0 Å². The third-order valence-corrected chi connectivity index (χ3v) is 3.24. The van der Waals surface area contributed by atoms with Gasteiger partial charge in [0.2, 0.25) is 5.88 Å². The van der Waals surface area contributed by atoms with Crippen molar-refractivity contribution in [2.75, 3.05) is 25.0 Å². The molecule has 1 aromatic rings. The summed E-state index contributed by atoms with van der Waals surface area (Å²) < 4.78 is 5.45. The molecule has 0 spiro atoms. The molecule has 1 aliphatic rings. The molecule has 5 heteroatoms. The van der Waals surface area contributed by atoms with Crippen molar-refractivity contribution in [1.29, 1.82) is 0 Å². The summed E-state index contributed by atoms with van der Waals surface area (Å²) in [6, 6.07) is 1.88. The van der Waals surface area contributed by atoms with E-state index in [-0.39, 0.29) is 5.54 Å². The van der Waals surface area contributed by atoms with E-state index in [1.165, 1.54) is 0 Å². The minimum Gasteiger partial charge on any atom is -0.478 e. The molecule has 0 saturated carbocycles. The molecule has 1 aromatic heterocycles. The maximum absolute atomic E-state index is 5.45. The molecule has 2 heterocycles. The first-order valence-electron chi connectivity index (χ1n) is 6.59. The predicted octanol–water partition coefficient (Wildman–Crippen LogP) is 1.74. The van der Waals surface area contributed by atoms with Crippen LogP contribution in [0.1, 0.15) is 32.5 Å². The first-order valence-corrected chi connectivity index (χ1v) is 6.59. The lowest BCUT2D eigenvalue weighted by Crippen LogP contribution is -2.45. The second-order valence-corrected chi connectivity index (χ2v) is 5.01. The Morgan fingerprint density at radius 2 is 2.11 bits per heavy atom. The van der Waals surface area contributed by atoms with Crippen LogP contribution in [0.25, 0.3) is 0 Å². The fourth-order valence-corrected chi connectivity index (χ4v) is 2.24. The Labute approximate surface area is 108 Å². The maximum atomic E-state index is 5.45. The minimum absolute atomic E-state index is 0.107. The van der Waals surface area contributed by atoms with Crippen molar-refractivity contribution >= 4 is 5.82 Å². The number of piperidine rings is 1. The lowest BCUT2D eigenvalue weighted by molar-refractivity contribution is 0.325. The van der Waals surface area contributed by atoms with E-state index in [1.807, 2.05) is 19.9 Å². The van der Waals surface area contributed by atoms with Crippen molar-refractivity contribution in [3.8, 4) is 5.88 Å². The van der Waals surface area contributed by atoms with Crippen molar-refractivity contribution in [1.82, 2.24) is 15.3 Å². The summed E-state index contributed by atoms with van der Waals surface area (Å²) in [6.45, 7) is 8.80. The highest BCUT2D eigenvalue weighted by Crippen LogP contribution is 2.24. The molecular weight excluding hydrogens is 228 g/mol. The summed E-state index contributed by atoms with van der Waals surface area (Å²) in [5.41, 5.74) is 0.107.